The van der Waals surface area contributed by atoms with Gasteiger partial charge in [0, 0.05) is 37.0 Å². The summed E-state index contributed by atoms with van der Waals surface area (Å²) in [4.78, 5) is 26.4. The van der Waals surface area contributed by atoms with Crippen molar-refractivity contribution in [1.82, 2.24) is 10.2 Å². The highest BCUT2D eigenvalue weighted by Crippen LogP contribution is 2.29. The molecule has 0 bridgehead atoms. The van der Waals surface area contributed by atoms with Gasteiger partial charge in [0.15, 0.2) is 0 Å². The Hall–Kier alpha value is -2.86. The molecule has 2 aliphatic rings. The SMILES string of the molecule is O=C(O)CCCCC=C(COc1cccc2ccccc12)C(=O)NC1CCN(C2CC2)CC1. The van der Waals surface area contributed by atoms with Gasteiger partial charge in [-0.2, -0.15) is 0 Å². The molecule has 1 aliphatic carbocycles. The highest BCUT2D eigenvalue weighted by molar-refractivity contribution is 5.94. The maximum Gasteiger partial charge on any atom is 0.303 e. The maximum absolute atomic E-state index is 13.1. The zero-order chi connectivity index (χ0) is 23.0. The van der Waals surface area contributed by atoms with Crippen LogP contribution in [0, 0.1) is 0 Å². The van der Waals surface area contributed by atoms with Gasteiger partial charge in [0.05, 0.1) is 5.57 Å². The summed E-state index contributed by atoms with van der Waals surface area (Å²) in [6.45, 7) is 2.30. The standard InChI is InChI=1S/C27H34N2O4/c30-26(31)12-3-1-2-8-21(19-33-25-11-6-9-20-7-4-5-10-24(20)25)27(32)28-22-15-17-29(18-16-22)23-13-14-23/h4-11,22-23H,1-3,12-19H2,(H,28,32)(H,30,31). The number of nitrogens with one attached hydrogen (secondary N) is 1. The van der Waals surface area contributed by atoms with Crippen molar-refractivity contribution in [3.63, 3.8) is 0 Å². The number of carboxylic acid groups (broad SMARTS) is 1. The fourth-order valence-electron chi connectivity index (χ4n) is 4.52. The van der Waals surface area contributed by atoms with Gasteiger partial charge in [-0.1, -0.05) is 42.5 Å². The molecule has 1 saturated carbocycles. The molecule has 2 aromatic rings. The van der Waals surface area contributed by atoms with Gasteiger partial charge in [-0.15, -0.1) is 0 Å². The number of amides is 1. The number of hydrogen-bond donors (Lipinski definition) is 2. The van der Waals surface area contributed by atoms with Gasteiger partial charge >= 0.3 is 5.97 Å². The average Bonchev–Trinajstić information content (AvgIpc) is 3.66. The van der Waals surface area contributed by atoms with E-state index in [2.05, 4.69) is 10.2 Å². The second-order valence-electron chi connectivity index (χ2n) is 9.15. The van der Waals surface area contributed by atoms with Crippen LogP contribution in [0.5, 0.6) is 5.75 Å². The van der Waals surface area contributed by atoms with Crippen LogP contribution in [0.1, 0.15) is 51.4 Å². The summed E-state index contributed by atoms with van der Waals surface area (Å²) in [7, 11) is 0. The molecule has 1 heterocycles. The molecule has 0 spiro atoms. The van der Waals surface area contributed by atoms with Crippen LogP contribution >= 0.6 is 0 Å². The summed E-state index contributed by atoms with van der Waals surface area (Å²) in [6.07, 6.45) is 8.67. The molecular formula is C27H34N2O4. The largest absolute Gasteiger partial charge is 0.488 e. The number of carbonyl (C=O) groups excluding carboxylic acids is 1. The minimum atomic E-state index is -0.784. The molecule has 1 amide bonds. The molecular weight excluding hydrogens is 416 g/mol. The Bertz CT molecular complexity index is 985. The van der Waals surface area contributed by atoms with E-state index in [1.54, 1.807) is 0 Å². The average molecular weight is 451 g/mol. The Morgan fingerprint density at radius 1 is 1.03 bits per heavy atom. The van der Waals surface area contributed by atoms with Gasteiger partial charge in [-0.3, -0.25) is 9.59 Å². The van der Waals surface area contributed by atoms with E-state index in [1.807, 2.05) is 48.5 Å². The lowest BCUT2D eigenvalue weighted by Crippen LogP contribution is -2.46. The molecule has 6 nitrogen and oxygen atoms in total. The number of carboxylic acids is 1. The van der Waals surface area contributed by atoms with E-state index in [1.165, 1.54) is 12.8 Å². The van der Waals surface area contributed by atoms with Crippen LogP contribution in [0.25, 0.3) is 10.8 Å². The molecule has 0 unspecified atom stereocenters. The molecule has 6 heteroatoms. The first-order chi connectivity index (χ1) is 16.1. The predicted molar refractivity (Wildman–Crippen MR) is 129 cm³/mol. The number of benzene rings is 2. The third-order valence-electron chi connectivity index (χ3n) is 6.59. The van der Waals surface area contributed by atoms with Gasteiger partial charge in [0.25, 0.3) is 5.91 Å². The molecule has 1 aliphatic heterocycles. The number of fused-ring (bicyclic) bond motifs is 1. The molecule has 4 rings (SSSR count). The quantitative estimate of drug-likeness (QED) is 0.388. The normalized spacial score (nSPS) is 17.8. The first kappa shape index (κ1) is 23.3. The van der Waals surface area contributed by atoms with E-state index in [4.69, 9.17) is 9.84 Å². The Balaban J connectivity index is 1.37. The topological polar surface area (TPSA) is 78.9 Å². The fourth-order valence-corrected chi connectivity index (χ4v) is 4.52. The van der Waals surface area contributed by atoms with Crippen molar-refractivity contribution in [3.05, 3.63) is 54.1 Å². The first-order valence-corrected chi connectivity index (χ1v) is 12.2. The van der Waals surface area contributed by atoms with Crippen LogP contribution in [0.2, 0.25) is 0 Å². The van der Waals surface area contributed by atoms with Crippen LogP contribution in [-0.4, -0.2) is 53.7 Å². The Kier molecular flexibility index (Phi) is 8.00. The third-order valence-corrected chi connectivity index (χ3v) is 6.59. The van der Waals surface area contributed by atoms with Crippen molar-refractivity contribution >= 4 is 22.6 Å². The summed E-state index contributed by atoms with van der Waals surface area (Å²) in [5.74, 6) is -0.0949. The minimum absolute atomic E-state index is 0.0710. The summed E-state index contributed by atoms with van der Waals surface area (Å²) >= 11 is 0. The van der Waals surface area contributed by atoms with Crippen molar-refractivity contribution in [3.8, 4) is 5.75 Å². The number of piperidine rings is 1. The predicted octanol–water partition coefficient (Wildman–Crippen LogP) is 4.53. The number of nitrogens with zero attached hydrogens (tertiary/aromatic N) is 1. The van der Waals surface area contributed by atoms with Crippen LogP contribution in [0.15, 0.2) is 54.1 Å². The number of hydrogen-bond acceptors (Lipinski definition) is 4. The fraction of sp³-hybridized carbons (Fsp3) is 0.481. The molecule has 2 N–H and O–H groups in total. The molecule has 0 atom stereocenters. The number of carbonyl (C=O) groups is 2. The van der Waals surface area contributed by atoms with Crippen LogP contribution in [0.3, 0.4) is 0 Å². The summed E-state index contributed by atoms with van der Waals surface area (Å²) in [5, 5.41) is 14.2. The lowest BCUT2D eigenvalue weighted by Gasteiger charge is -2.32. The van der Waals surface area contributed by atoms with Gasteiger partial charge in [0.1, 0.15) is 12.4 Å². The highest BCUT2D eigenvalue weighted by Gasteiger charge is 2.32. The number of ether oxygens (including phenoxy) is 1. The van der Waals surface area contributed by atoms with Gasteiger partial charge in [-0.05, 0) is 56.4 Å². The zero-order valence-corrected chi connectivity index (χ0v) is 19.2. The van der Waals surface area contributed by atoms with Gasteiger partial charge in [-0.25, -0.2) is 0 Å². The molecule has 176 valence electrons. The van der Waals surface area contributed by atoms with E-state index in [0.717, 1.165) is 54.9 Å². The van der Waals surface area contributed by atoms with Crippen molar-refractivity contribution in [2.75, 3.05) is 19.7 Å². The lowest BCUT2D eigenvalue weighted by molar-refractivity contribution is -0.137. The number of likely N-dealkylation sites (tertiary alicyclic amines) is 1. The van der Waals surface area contributed by atoms with Gasteiger partial charge < -0.3 is 20.1 Å². The Morgan fingerprint density at radius 2 is 1.79 bits per heavy atom. The number of allylic oxidation sites excluding steroid dienone is 1. The van der Waals surface area contributed by atoms with E-state index in [9.17, 15) is 9.59 Å². The van der Waals surface area contributed by atoms with Crippen molar-refractivity contribution in [2.24, 2.45) is 0 Å². The third kappa shape index (κ3) is 6.81. The number of aliphatic carboxylic acids is 1. The first-order valence-electron chi connectivity index (χ1n) is 12.2. The smallest absolute Gasteiger partial charge is 0.303 e. The van der Waals surface area contributed by atoms with E-state index >= 15 is 0 Å². The molecule has 0 radical (unpaired) electrons. The van der Waals surface area contributed by atoms with Crippen LogP contribution < -0.4 is 10.1 Å². The van der Waals surface area contributed by atoms with Crippen molar-refractivity contribution in [1.29, 1.82) is 0 Å². The zero-order valence-electron chi connectivity index (χ0n) is 19.2. The van der Waals surface area contributed by atoms with Crippen molar-refractivity contribution < 1.29 is 19.4 Å². The summed E-state index contributed by atoms with van der Waals surface area (Å²) in [5.41, 5.74) is 0.614. The number of rotatable bonds is 11. The molecule has 2 fully saturated rings. The number of unbranched alkanes of at least 4 members (excludes halogenated alkanes) is 2. The molecule has 1 saturated heterocycles. The summed E-state index contributed by atoms with van der Waals surface area (Å²) < 4.78 is 6.11. The molecule has 2 aromatic carbocycles. The van der Waals surface area contributed by atoms with E-state index in [0.29, 0.717) is 18.4 Å². The maximum atomic E-state index is 13.1. The van der Waals surface area contributed by atoms with E-state index < -0.39 is 5.97 Å². The minimum Gasteiger partial charge on any atom is -0.488 e. The Morgan fingerprint density at radius 3 is 2.55 bits per heavy atom. The van der Waals surface area contributed by atoms with Crippen LogP contribution in [-0.2, 0) is 9.59 Å². The summed E-state index contributed by atoms with van der Waals surface area (Å²) in [6, 6.07) is 14.9. The molecule has 0 aromatic heterocycles. The lowest BCUT2D eigenvalue weighted by atomic mass is 10.0. The van der Waals surface area contributed by atoms with Gasteiger partial charge in [0.2, 0.25) is 0 Å². The highest BCUT2D eigenvalue weighted by atomic mass is 16.5. The Labute approximate surface area is 195 Å². The second kappa shape index (κ2) is 11.3. The molecule has 33 heavy (non-hydrogen) atoms. The van der Waals surface area contributed by atoms with Crippen LogP contribution in [0.4, 0.5) is 0 Å². The second-order valence-corrected chi connectivity index (χ2v) is 9.15. The van der Waals surface area contributed by atoms with E-state index in [-0.39, 0.29) is 25.0 Å². The monoisotopic (exact) mass is 450 g/mol. The van der Waals surface area contributed by atoms with Crippen molar-refractivity contribution in [2.45, 2.75) is 63.5 Å².